The van der Waals surface area contributed by atoms with Crippen LogP contribution in [0.5, 0.6) is 23.0 Å². The van der Waals surface area contributed by atoms with Gasteiger partial charge in [-0.25, -0.2) is 9.98 Å². The van der Waals surface area contributed by atoms with E-state index >= 15 is 0 Å². The van der Waals surface area contributed by atoms with E-state index in [-0.39, 0.29) is 0 Å². The Kier molecular flexibility index (Phi) is 5.03. The van der Waals surface area contributed by atoms with Crippen molar-refractivity contribution in [3.8, 4) is 23.0 Å². The van der Waals surface area contributed by atoms with Crippen molar-refractivity contribution in [1.82, 2.24) is 9.13 Å². The molecule has 4 heterocycles. The largest absolute Gasteiger partial charge is 0.450 e. The van der Waals surface area contributed by atoms with Gasteiger partial charge in [-0.15, -0.1) is 0 Å². The Bertz CT molecular complexity index is 2340. The molecule has 0 radical (unpaired) electrons. The highest BCUT2D eigenvalue weighted by atomic mass is 35.5. The summed E-state index contributed by atoms with van der Waals surface area (Å²) in [4.78, 5) is 9.88. The lowest BCUT2D eigenvalue weighted by atomic mass is 10.1. The minimum atomic E-state index is 0.293. The normalized spacial score (nSPS) is 13.3. The van der Waals surface area contributed by atoms with Gasteiger partial charge in [0, 0.05) is 36.3 Å². The molecule has 8 rings (SSSR count). The van der Waals surface area contributed by atoms with E-state index in [1.807, 2.05) is 75.6 Å². The van der Waals surface area contributed by atoms with E-state index in [0.29, 0.717) is 55.1 Å². The van der Waals surface area contributed by atoms with E-state index in [1.165, 1.54) is 0 Å². The number of hydrogen-bond acceptors (Lipinski definition) is 4. The molecular weight excluding hydrogens is 555 g/mol. The Morgan fingerprint density at radius 2 is 1.32 bits per heavy atom. The maximum atomic E-state index is 7.03. The van der Waals surface area contributed by atoms with Gasteiger partial charge in [0.15, 0.2) is 23.0 Å². The number of benzene rings is 4. The van der Waals surface area contributed by atoms with Crippen LogP contribution >= 0.6 is 23.2 Å². The van der Waals surface area contributed by atoms with Gasteiger partial charge in [-0.05, 0) is 43.3 Å². The second kappa shape index (κ2) is 8.49. The number of fused-ring (bicyclic) bond motifs is 10. The van der Waals surface area contributed by atoms with Crippen LogP contribution in [0.25, 0.3) is 44.9 Å². The zero-order valence-corrected chi connectivity index (χ0v) is 23.9. The maximum Gasteiger partial charge on any atom is 0.175 e. The van der Waals surface area contributed by atoms with Crippen LogP contribution in [0.15, 0.2) is 71.2 Å². The Labute approximate surface area is 244 Å². The predicted octanol–water partition coefficient (Wildman–Crippen LogP) is 8.92. The summed E-state index contributed by atoms with van der Waals surface area (Å²) in [6.07, 6.45) is 5.89. The van der Waals surface area contributed by atoms with Gasteiger partial charge in [-0.2, -0.15) is 0 Å². The Balaban J connectivity index is 1.40. The van der Waals surface area contributed by atoms with E-state index < -0.39 is 0 Å². The van der Waals surface area contributed by atoms with Gasteiger partial charge < -0.3 is 18.6 Å². The molecule has 0 atom stereocenters. The van der Waals surface area contributed by atoms with Gasteiger partial charge in [0.05, 0.1) is 21.8 Å². The maximum absolute atomic E-state index is 7.03. The number of halogens is 2. The van der Waals surface area contributed by atoms with Crippen molar-refractivity contribution in [2.24, 2.45) is 24.1 Å². The number of para-hydroxylation sites is 1. The van der Waals surface area contributed by atoms with E-state index in [0.717, 1.165) is 44.0 Å². The Morgan fingerprint density at radius 3 is 1.93 bits per heavy atom. The highest BCUT2D eigenvalue weighted by molar-refractivity contribution is 6.35. The third kappa shape index (κ3) is 3.09. The van der Waals surface area contributed by atoms with Crippen molar-refractivity contribution < 1.29 is 9.47 Å². The monoisotopic (exact) mass is 576 g/mol. The molecule has 0 saturated heterocycles. The first-order valence-electron chi connectivity index (χ1n) is 13.2. The topological polar surface area (TPSA) is 53.0 Å². The summed E-state index contributed by atoms with van der Waals surface area (Å²) in [6, 6.07) is 16.2. The van der Waals surface area contributed by atoms with E-state index in [9.17, 15) is 0 Å². The lowest BCUT2D eigenvalue weighted by molar-refractivity contribution is 0.456. The lowest BCUT2D eigenvalue weighted by Crippen LogP contribution is -2.22. The average Bonchev–Trinajstić information content (AvgIpc) is 3.45. The molecule has 4 aromatic carbocycles. The fourth-order valence-electron chi connectivity index (χ4n) is 6.17. The minimum Gasteiger partial charge on any atom is -0.450 e. The fourth-order valence-corrected chi connectivity index (χ4v) is 6.68. The molecule has 6 nitrogen and oxygen atoms in total. The molecule has 0 amide bonds. The molecule has 0 N–H and O–H groups in total. The number of aryl methyl sites for hydroxylation is 2. The van der Waals surface area contributed by atoms with Crippen molar-refractivity contribution in [2.75, 3.05) is 0 Å². The summed E-state index contributed by atoms with van der Waals surface area (Å²) in [5.74, 6) is 1.97. The van der Waals surface area contributed by atoms with Crippen LogP contribution in [0.4, 0.5) is 11.4 Å². The summed E-state index contributed by atoms with van der Waals surface area (Å²) in [5.41, 5.74) is 6.43. The number of aromatic nitrogens is 2. The van der Waals surface area contributed by atoms with Crippen LogP contribution < -0.4 is 20.2 Å². The predicted molar refractivity (Wildman–Crippen MR) is 166 cm³/mol. The number of rotatable bonds is 2. The minimum absolute atomic E-state index is 0.293. The van der Waals surface area contributed by atoms with Crippen molar-refractivity contribution in [3.63, 3.8) is 0 Å². The molecule has 0 bridgehead atoms. The van der Waals surface area contributed by atoms with E-state index in [2.05, 4.69) is 27.8 Å². The number of hydrogen-bond donors (Lipinski definition) is 0. The molecule has 2 aliphatic rings. The average molecular weight is 577 g/mol. The van der Waals surface area contributed by atoms with Crippen LogP contribution in [0.3, 0.4) is 0 Å². The van der Waals surface area contributed by atoms with Crippen molar-refractivity contribution in [3.05, 3.63) is 93.2 Å². The molecular formula is C33H22Cl2N4O2. The Hall–Kier alpha value is -4.52. The first kappa shape index (κ1) is 24.3. The quantitative estimate of drug-likeness (QED) is 0.206. The second-order valence-electron chi connectivity index (χ2n) is 10.2. The van der Waals surface area contributed by atoms with Gasteiger partial charge in [-0.3, -0.25) is 0 Å². The van der Waals surface area contributed by atoms with Crippen molar-refractivity contribution in [2.45, 2.75) is 6.92 Å². The standard InChI is InChI=1S/C33H22Cl2N4O2/c1-5-9-16-20(6-2)38(3)22-14-12-18-30(24(16)22)40-32-26(34)29-33(27(35)28(32)36-18)41-31-19(37-29)13-15-23-25(31)17-10-7-8-11-21(17)39(23)4/h5-15H,2H2,1,3-4H3/b9-5-. The summed E-state index contributed by atoms with van der Waals surface area (Å²) >= 11 is 14.1. The Morgan fingerprint density at radius 1 is 0.732 bits per heavy atom. The second-order valence-corrected chi connectivity index (χ2v) is 10.9. The highest BCUT2D eigenvalue weighted by Gasteiger charge is 2.30. The van der Waals surface area contributed by atoms with Gasteiger partial charge >= 0.3 is 0 Å². The zero-order valence-electron chi connectivity index (χ0n) is 22.4. The molecule has 0 aliphatic carbocycles. The first-order valence-corrected chi connectivity index (χ1v) is 13.9. The summed E-state index contributed by atoms with van der Waals surface area (Å²) < 4.78 is 17.4. The van der Waals surface area contributed by atoms with Crippen LogP contribution in [0.2, 0.25) is 10.0 Å². The van der Waals surface area contributed by atoms with Gasteiger partial charge in [0.25, 0.3) is 0 Å². The van der Waals surface area contributed by atoms with Crippen LogP contribution in [-0.4, -0.2) is 9.13 Å². The van der Waals surface area contributed by atoms with E-state index in [1.54, 1.807) is 0 Å². The molecule has 0 fully saturated rings. The van der Waals surface area contributed by atoms with Gasteiger partial charge in [0.2, 0.25) is 0 Å². The lowest BCUT2D eigenvalue weighted by Gasteiger charge is -2.22. The molecule has 8 heteroatoms. The van der Waals surface area contributed by atoms with Crippen molar-refractivity contribution >= 4 is 79.4 Å². The van der Waals surface area contributed by atoms with Gasteiger partial charge in [-0.1, -0.05) is 60.1 Å². The molecule has 6 aromatic rings. The first-order chi connectivity index (χ1) is 19.9. The van der Waals surface area contributed by atoms with Crippen LogP contribution in [-0.2, 0) is 14.1 Å². The molecule has 0 saturated carbocycles. The number of allylic oxidation sites excluding steroid dienone is 1. The molecule has 2 aliphatic heterocycles. The van der Waals surface area contributed by atoms with Crippen LogP contribution in [0.1, 0.15) is 18.2 Å². The molecule has 2 aromatic heterocycles. The van der Waals surface area contributed by atoms with Gasteiger partial charge in [0.1, 0.15) is 32.1 Å². The highest BCUT2D eigenvalue weighted by Crippen LogP contribution is 2.49. The zero-order chi connectivity index (χ0) is 28.2. The van der Waals surface area contributed by atoms with E-state index in [4.69, 9.17) is 42.7 Å². The summed E-state index contributed by atoms with van der Waals surface area (Å²) in [7, 11) is 4.05. The summed E-state index contributed by atoms with van der Waals surface area (Å²) in [6.45, 7) is 6.00. The molecule has 41 heavy (non-hydrogen) atoms. The molecule has 0 unspecified atom stereocenters. The fraction of sp³-hybridized carbons (Fsp3) is 0.0909. The van der Waals surface area contributed by atoms with Crippen molar-refractivity contribution in [1.29, 1.82) is 0 Å². The summed E-state index contributed by atoms with van der Waals surface area (Å²) in [5, 5.41) is 4.39. The van der Waals surface area contributed by atoms with Crippen LogP contribution in [0, 0.1) is 0 Å². The molecule has 0 spiro atoms. The SMILES string of the molecule is C=Cc1c(/C=C\C)c2c3c(ccc2n1C)N=c1c(Cl)c2c(c(Cl)c1O3)=Nc1ccc3c(c1O2)c1ccccc1n3C. The number of nitrogens with zero attached hydrogens (tertiary/aromatic N) is 4. The number of ether oxygens (including phenoxy) is 2. The third-order valence-corrected chi connectivity index (χ3v) is 8.74. The molecule has 200 valence electrons. The third-order valence-electron chi connectivity index (χ3n) is 8.04. The smallest absolute Gasteiger partial charge is 0.175 e.